The maximum Gasteiger partial charge on any atom is 0.227 e. The number of carbonyl (C=O) groups is 1. The highest BCUT2D eigenvalue weighted by Crippen LogP contribution is 2.22. The van der Waals surface area contributed by atoms with Crippen molar-refractivity contribution in [3.8, 4) is 0 Å². The van der Waals surface area contributed by atoms with Crippen LogP contribution in [-0.2, 0) is 24.3 Å². The zero-order chi connectivity index (χ0) is 20.9. The van der Waals surface area contributed by atoms with Gasteiger partial charge in [-0.2, -0.15) is 0 Å². The molecule has 0 radical (unpaired) electrons. The van der Waals surface area contributed by atoms with Gasteiger partial charge in [-0.05, 0) is 35.4 Å². The second kappa shape index (κ2) is 9.11. The van der Waals surface area contributed by atoms with E-state index in [1.807, 2.05) is 71.3 Å². The minimum atomic E-state index is -0.695. The molecule has 6 heteroatoms. The van der Waals surface area contributed by atoms with Gasteiger partial charge >= 0.3 is 0 Å². The van der Waals surface area contributed by atoms with Gasteiger partial charge in [-0.25, -0.2) is 4.98 Å². The third kappa shape index (κ3) is 4.70. The summed E-state index contributed by atoms with van der Waals surface area (Å²) in [6, 6.07) is 24.6. The quantitative estimate of drug-likeness (QED) is 0.469. The third-order valence-electron chi connectivity index (χ3n) is 5.00. The van der Waals surface area contributed by atoms with E-state index in [2.05, 4.69) is 10.3 Å². The number of aliphatic hydroxyl groups is 1. The fourth-order valence-corrected chi connectivity index (χ4v) is 3.55. The lowest BCUT2D eigenvalue weighted by atomic mass is 10.1. The average Bonchev–Trinajstić information content (AvgIpc) is 3.11. The minimum Gasteiger partial charge on any atom is -0.387 e. The van der Waals surface area contributed by atoms with Gasteiger partial charge in [0.2, 0.25) is 5.91 Å². The first kappa shape index (κ1) is 20.1. The second-order valence-electron chi connectivity index (χ2n) is 7.13. The van der Waals surface area contributed by atoms with Crippen LogP contribution in [0, 0.1) is 0 Å². The molecule has 0 fully saturated rings. The fraction of sp³-hybridized carbons (Fsp3) is 0.167. The van der Waals surface area contributed by atoms with E-state index in [0.717, 1.165) is 22.2 Å². The van der Waals surface area contributed by atoms with E-state index in [9.17, 15) is 9.90 Å². The predicted octanol–water partition coefficient (Wildman–Crippen LogP) is 4.28. The van der Waals surface area contributed by atoms with Crippen molar-refractivity contribution in [2.24, 2.45) is 0 Å². The van der Waals surface area contributed by atoms with Crippen LogP contribution in [0.3, 0.4) is 0 Å². The first-order chi connectivity index (χ1) is 14.6. The van der Waals surface area contributed by atoms with Crippen molar-refractivity contribution in [2.75, 3.05) is 0 Å². The molecule has 0 aliphatic heterocycles. The summed E-state index contributed by atoms with van der Waals surface area (Å²) in [6.45, 7) is 0.743. The van der Waals surface area contributed by atoms with Crippen molar-refractivity contribution in [3.05, 3.63) is 101 Å². The molecule has 3 aromatic carbocycles. The highest BCUT2D eigenvalue weighted by molar-refractivity contribution is 6.30. The van der Waals surface area contributed by atoms with Crippen LogP contribution >= 0.6 is 11.6 Å². The zero-order valence-corrected chi connectivity index (χ0v) is 17.1. The number of carbonyl (C=O) groups excluding carboxylic acids is 1. The maximum atomic E-state index is 12.6. The van der Waals surface area contributed by atoms with E-state index in [1.165, 1.54) is 0 Å². The van der Waals surface area contributed by atoms with Gasteiger partial charge in [-0.3, -0.25) is 4.79 Å². The smallest absolute Gasteiger partial charge is 0.227 e. The molecule has 0 saturated carbocycles. The number of hydrogen-bond donors (Lipinski definition) is 2. The number of fused-ring (bicyclic) bond motifs is 1. The largest absolute Gasteiger partial charge is 0.387 e. The molecule has 0 saturated heterocycles. The van der Waals surface area contributed by atoms with Crippen molar-refractivity contribution >= 4 is 28.5 Å². The molecule has 0 aliphatic carbocycles. The number of hydrogen-bond acceptors (Lipinski definition) is 3. The number of aliphatic hydroxyl groups excluding tert-OH is 1. The topological polar surface area (TPSA) is 67.2 Å². The zero-order valence-electron chi connectivity index (χ0n) is 16.3. The lowest BCUT2D eigenvalue weighted by molar-refractivity contribution is -0.120. The fourth-order valence-electron chi connectivity index (χ4n) is 3.43. The van der Waals surface area contributed by atoms with Crippen LogP contribution in [0.2, 0.25) is 5.02 Å². The molecule has 0 bridgehead atoms. The SMILES string of the molecule is O=C(Cc1nc2ccccc2n1C[C@@H](O)c1ccccc1)NCc1ccc(Cl)cc1. The van der Waals surface area contributed by atoms with Crippen LogP contribution in [0.4, 0.5) is 0 Å². The number of imidazole rings is 1. The number of para-hydroxylation sites is 2. The van der Waals surface area contributed by atoms with Crippen LogP contribution in [0.15, 0.2) is 78.9 Å². The molecule has 0 unspecified atom stereocenters. The molecule has 1 heterocycles. The lowest BCUT2D eigenvalue weighted by Crippen LogP contribution is -2.26. The Bertz CT molecular complexity index is 1140. The summed E-state index contributed by atoms with van der Waals surface area (Å²) in [7, 11) is 0. The van der Waals surface area contributed by atoms with Crippen molar-refractivity contribution in [1.82, 2.24) is 14.9 Å². The second-order valence-corrected chi connectivity index (χ2v) is 7.57. The Morgan fingerprint density at radius 2 is 1.70 bits per heavy atom. The molecule has 4 rings (SSSR count). The Hall–Kier alpha value is -3.15. The molecule has 152 valence electrons. The van der Waals surface area contributed by atoms with E-state index in [1.54, 1.807) is 12.1 Å². The van der Waals surface area contributed by atoms with Gasteiger partial charge in [0.1, 0.15) is 5.82 Å². The van der Waals surface area contributed by atoms with Gasteiger partial charge < -0.3 is 15.0 Å². The van der Waals surface area contributed by atoms with Crippen LogP contribution in [0.25, 0.3) is 11.0 Å². The highest BCUT2D eigenvalue weighted by Gasteiger charge is 2.17. The molecule has 5 nitrogen and oxygen atoms in total. The number of nitrogens with one attached hydrogen (secondary N) is 1. The van der Waals surface area contributed by atoms with Gasteiger partial charge in [0.15, 0.2) is 0 Å². The summed E-state index contributed by atoms with van der Waals surface area (Å²) in [5.41, 5.74) is 3.50. The monoisotopic (exact) mass is 419 g/mol. The van der Waals surface area contributed by atoms with Gasteiger partial charge in [-0.15, -0.1) is 0 Å². The van der Waals surface area contributed by atoms with Gasteiger partial charge in [0, 0.05) is 11.6 Å². The first-order valence-corrected chi connectivity index (χ1v) is 10.2. The Kier molecular flexibility index (Phi) is 6.12. The van der Waals surface area contributed by atoms with E-state index >= 15 is 0 Å². The van der Waals surface area contributed by atoms with E-state index in [0.29, 0.717) is 23.9 Å². The molecule has 0 aliphatic rings. The molecule has 1 aromatic heterocycles. The summed E-state index contributed by atoms with van der Waals surface area (Å²) in [6.07, 6.45) is -0.566. The molecular formula is C24H22ClN3O2. The third-order valence-corrected chi connectivity index (χ3v) is 5.25. The van der Waals surface area contributed by atoms with E-state index in [4.69, 9.17) is 11.6 Å². The van der Waals surface area contributed by atoms with Crippen LogP contribution < -0.4 is 5.32 Å². The Morgan fingerprint density at radius 1 is 1.00 bits per heavy atom. The number of benzene rings is 3. The number of rotatable bonds is 7. The van der Waals surface area contributed by atoms with Crippen LogP contribution in [0.5, 0.6) is 0 Å². The molecule has 2 N–H and O–H groups in total. The number of amides is 1. The Balaban J connectivity index is 1.52. The average molecular weight is 420 g/mol. The van der Waals surface area contributed by atoms with Crippen molar-refractivity contribution < 1.29 is 9.90 Å². The van der Waals surface area contributed by atoms with E-state index in [-0.39, 0.29) is 12.3 Å². The van der Waals surface area contributed by atoms with Gasteiger partial charge in [0.05, 0.1) is 30.1 Å². The van der Waals surface area contributed by atoms with Crippen molar-refractivity contribution in [2.45, 2.75) is 25.6 Å². The normalized spacial score (nSPS) is 12.1. The van der Waals surface area contributed by atoms with Gasteiger partial charge in [-0.1, -0.05) is 66.2 Å². The molecular weight excluding hydrogens is 398 g/mol. The van der Waals surface area contributed by atoms with Gasteiger partial charge in [0.25, 0.3) is 0 Å². The maximum absolute atomic E-state index is 12.6. The van der Waals surface area contributed by atoms with Crippen molar-refractivity contribution in [1.29, 1.82) is 0 Å². The Labute approximate surface area is 179 Å². The number of nitrogens with zero attached hydrogens (tertiary/aromatic N) is 2. The standard InChI is InChI=1S/C24H22ClN3O2/c25-19-12-10-17(11-13-19)15-26-24(30)14-23-27-20-8-4-5-9-21(20)28(23)16-22(29)18-6-2-1-3-7-18/h1-13,22,29H,14-16H2,(H,26,30)/t22-/m1/s1. The molecule has 0 spiro atoms. The van der Waals surface area contributed by atoms with Crippen LogP contribution in [0.1, 0.15) is 23.1 Å². The van der Waals surface area contributed by atoms with E-state index < -0.39 is 6.10 Å². The Morgan fingerprint density at radius 3 is 2.47 bits per heavy atom. The number of aromatic nitrogens is 2. The summed E-state index contributed by atoms with van der Waals surface area (Å²) in [5.74, 6) is 0.496. The lowest BCUT2D eigenvalue weighted by Gasteiger charge is -2.15. The molecule has 30 heavy (non-hydrogen) atoms. The first-order valence-electron chi connectivity index (χ1n) is 9.78. The minimum absolute atomic E-state index is 0.129. The predicted molar refractivity (Wildman–Crippen MR) is 118 cm³/mol. The van der Waals surface area contributed by atoms with Crippen molar-refractivity contribution in [3.63, 3.8) is 0 Å². The molecule has 1 atom stereocenters. The summed E-state index contributed by atoms with van der Waals surface area (Å²) in [4.78, 5) is 17.2. The highest BCUT2D eigenvalue weighted by atomic mass is 35.5. The van der Waals surface area contributed by atoms with Crippen LogP contribution in [-0.4, -0.2) is 20.6 Å². The summed E-state index contributed by atoms with van der Waals surface area (Å²) >= 11 is 5.90. The summed E-state index contributed by atoms with van der Waals surface area (Å²) in [5, 5.41) is 14.3. The number of halogens is 1. The molecule has 4 aromatic rings. The molecule has 1 amide bonds. The summed E-state index contributed by atoms with van der Waals surface area (Å²) < 4.78 is 1.93.